The number of fused-ring (bicyclic) bond motifs is 1. The van der Waals surface area contributed by atoms with E-state index in [0.717, 1.165) is 0 Å². The molecule has 2 aliphatic heterocycles. The molecule has 0 saturated carbocycles. The third-order valence-corrected chi connectivity index (χ3v) is 3.09. The third-order valence-electron chi connectivity index (χ3n) is 3.09. The number of carbonyl (C=O) groups excluding carboxylic acids is 1. The van der Waals surface area contributed by atoms with Gasteiger partial charge < -0.3 is 4.90 Å². The van der Waals surface area contributed by atoms with Gasteiger partial charge in [-0.25, -0.2) is 0 Å². The van der Waals surface area contributed by atoms with Crippen LogP contribution < -0.4 is 0 Å². The zero-order chi connectivity index (χ0) is 12.2. The number of amides is 1. The molecule has 15 heavy (non-hydrogen) atoms. The van der Waals surface area contributed by atoms with E-state index >= 15 is 0 Å². The Labute approximate surface area is 94.4 Å². The van der Waals surface area contributed by atoms with Crippen LogP contribution in [0.15, 0.2) is 11.8 Å². The second kappa shape index (κ2) is 5.34. The van der Waals surface area contributed by atoms with Crippen LogP contribution in [0.4, 0.5) is 0 Å². The second-order valence-corrected chi connectivity index (χ2v) is 3.95. The lowest BCUT2D eigenvalue weighted by Crippen LogP contribution is -2.57. The van der Waals surface area contributed by atoms with Crippen LogP contribution in [0.2, 0.25) is 0 Å². The van der Waals surface area contributed by atoms with Crippen LogP contribution in [0.1, 0.15) is 54.9 Å². The fourth-order valence-electron chi connectivity index (χ4n) is 1.98. The van der Waals surface area contributed by atoms with Crippen LogP contribution >= 0.6 is 0 Å². The van der Waals surface area contributed by atoms with Crippen molar-refractivity contribution in [3.05, 3.63) is 11.8 Å². The summed E-state index contributed by atoms with van der Waals surface area (Å²) in [6, 6.07) is 0.392. The van der Waals surface area contributed by atoms with Gasteiger partial charge in [0.1, 0.15) is 0 Å². The van der Waals surface area contributed by atoms with Crippen molar-refractivity contribution < 1.29 is 4.79 Å². The number of rotatable bonds is 0. The summed E-state index contributed by atoms with van der Waals surface area (Å²) in [5.74, 6) is 0.270. The van der Waals surface area contributed by atoms with E-state index in [1.807, 2.05) is 32.6 Å². The summed E-state index contributed by atoms with van der Waals surface area (Å²) in [6.45, 7) is 14.5. The molecular weight excluding hydrogens is 186 g/mol. The van der Waals surface area contributed by atoms with Gasteiger partial charge in [0.15, 0.2) is 0 Å². The van der Waals surface area contributed by atoms with Gasteiger partial charge >= 0.3 is 0 Å². The summed E-state index contributed by atoms with van der Waals surface area (Å²) in [5.41, 5.74) is 1.46. The Morgan fingerprint density at radius 3 is 2.13 bits per heavy atom. The van der Waals surface area contributed by atoms with Crippen molar-refractivity contribution in [2.75, 3.05) is 0 Å². The molecule has 0 spiro atoms. The molecule has 0 aromatic heterocycles. The van der Waals surface area contributed by atoms with Gasteiger partial charge in [0.05, 0.1) is 0 Å². The van der Waals surface area contributed by atoms with E-state index in [1.54, 1.807) is 0 Å². The number of nitrogens with zero attached hydrogens (tertiary/aromatic N) is 1. The minimum Gasteiger partial charge on any atom is -0.312 e. The molecule has 0 aliphatic carbocycles. The molecule has 88 valence electrons. The average Bonchev–Trinajstić information content (AvgIpc) is 2.64. The van der Waals surface area contributed by atoms with E-state index < -0.39 is 0 Å². The van der Waals surface area contributed by atoms with Crippen LogP contribution in [0.3, 0.4) is 0 Å². The highest BCUT2D eigenvalue weighted by Gasteiger charge is 2.52. The monoisotopic (exact) mass is 211 g/mol. The lowest BCUT2D eigenvalue weighted by atomic mass is 9.73. The number of carbonyl (C=O) groups is 1. The average molecular weight is 211 g/mol. The summed E-state index contributed by atoms with van der Waals surface area (Å²) in [5, 5.41) is 0. The van der Waals surface area contributed by atoms with Crippen LogP contribution in [-0.2, 0) is 4.79 Å². The minimum absolute atomic E-state index is 0.228. The Bertz CT molecular complexity index is 253. The molecule has 2 rings (SSSR count). The summed E-state index contributed by atoms with van der Waals surface area (Å²) >= 11 is 0. The normalized spacial score (nSPS) is 25.0. The first-order chi connectivity index (χ1) is 7.05. The molecule has 2 aliphatic rings. The van der Waals surface area contributed by atoms with Crippen molar-refractivity contribution in [1.82, 2.24) is 4.90 Å². The van der Waals surface area contributed by atoms with Gasteiger partial charge in [-0.1, -0.05) is 47.6 Å². The molecule has 0 aromatic rings. The summed E-state index contributed by atoms with van der Waals surface area (Å²) < 4.78 is 0. The first kappa shape index (κ1) is 14.2. The lowest BCUT2D eigenvalue weighted by Gasteiger charge is -2.52. The molecule has 0 bridgehead atoms. The molecule has 2 heterocycles. The van der Waals surface area contributed by atoms with Crippen molar-refractivity contribution in [1.29, 1.82) is 0 Å². The maximum atomic E-state index is 11.2. The van der Waals surface area contributed by atoms with Crippen molar-refractivity contribution >= 4 is 5.91 Å². The zero-order valence-corrected chi connectivity index (χ0v) is 11.2. The van der Waals surface area contributed by atoms with E-state index in [2.05, 4.69) is 26.8 Å². The number of hydrogen-bond acceptors (Lipinski definition) is 1. The van der Waals surface area contributed by atoms with E-state index in [4.69, 9.17) is 0 Å². The topological polar surface area (TPSA) is 20.3 Å². The molecule has 0 aromatic carbocycles. The van der Waals surface area contributed by atoms with E-state index in [9.17, 15) is 4.79 Å². The van der Waals surface area contributed by atoms with Crippen molar-refractivity contribution in [2.45, 2.75) is 60.9 Å². The van der Waals surface area contributed by atoms with Crippen molar-refractivity contribution in [3.63, 3.8) is 0 Å². The molecule has 1 unspecified atom stereocenters. The Hall–Kier alpha value is -0.790. The van der Waals surface area contributed by atoms with E-state index in [1.165, 1.54) is 5.70 Å². The van der Waals surface area contributed by atoms with Crippen molar-refractivity contribution in [3.8, 4) is 0 Å². The molecule has 1 atom stereocenters. The van der Waals surface area contributed by atoms with Gasteiger partial charge in [-0.2, -0.15) is 0 Å². The van der Waals surface area contributed by atoms with Gasteiger partial charge in [0.25, 0.3) is 0 Å². The first-order valence-corrected chi connectivity index (χ1v) is 6.08. The predicted octanol–water partition coefficient (Wildman–Crippen LogP) is 3.58. The smallest absolute Gasteiger partial charge is 0.230 e. The van der Waals surface area contributed by atoms with Gasteiger partial charge in [-0.3, -0.25) is 4.79 Å². The highest BCUT2D eigenvalue weighted by atomic mass is 16.2. The largest absolute Gasteiger partial charge is 0.312 e. The summed E-state index contributed by atoms with van der Waals surface area (Å²) in [4.78, 5) is 13.1. The summed E-state index contributed by atoms with van der Waals surface area (Å²) in [7, 11) is 0. The van der Waals surface area contributed by atoms with Gasteiger partial charge in [-0.05, 0) is 6.92 Å². The molecule has 0 radical (unpaired) electrons. The second-order valence-electron chi connectivity index (χ2n) is 3.95. The Morgan fingerprint density at radius 1 is 1.27 bits per heavy atom. The quantitative estimate of drug-likeness (QED) is 0.599. The van der Waals surface area contributed by atoms with Gasteiger partial charge in [0.2, 0.25) is 5.91 Å². The standard InChI is InChI=1S/C9H13NO.2C2H6/c1-6-9(2,3)7-4-5-8(11)10(6)7;2*1-2/h4,6H,5H2,1-3H3;2*1-2H3. The maximum Gasteiger partial charge on any atom is 0.230 e. The molecule has 1 saturated heterocycles. The van der Waals surface area contributed by atoms with Crippen LogP contribution in [-0.4, -0.2) is 16.8 Å². The van der Waals surface area contributed by atoms with Crippen molar-refractivity contribution in [2.24, 2.45) is 5.41 Å². The summed E-state index contributed by atoms with van der Waals surface area (Å²) in [6.07, 6.45) is 2.67. The highest BCUT2D eigenvalue weighted by molar-refractivity contribution is 5.85. The minimum atomic E-state index is 0.228. The maximum absolute atomic E-state index is 11.2. The SMILES string of the molecule is CC.CC.CC1N2C(=O)CC=C2C1(C)C. The molecule has 2 nitrogen and oxygen atoms in total. The van der Waals surface area contributed by atoms with Crippen LogP contribution in [0.5, 0.6) is 0 Å². The molecule has 2 heteroatoms. The third kappa shape index (κ3) is 2.09. The Balaban J connectivity index is 0.000000442. The van der Waals surface area contributed by atoms with E-state index in [0.29, 0.717) is 12.5 Å². The first-order valence-electron chi connectivity index (χ1n) is 6.08. The Morgan fingerprint density at radius 2 is 1.73 bits per heavy atom. The van der Waals surface area contributed by atoms with E-state index in [-0.39, 0.29) is 11.3 Å². The molecule has 1 fully saturated rings. The zero-order valence-electron chi connectivity index (χ0n) is 11.2. The lowest BCUT2D eigenvalue weighted by molar-refractivity contribution is -0.137. The molecular formula is C13H25NO. The molecule has 0 N–H and O–H groups in total. The highest BCUT2D eigenvalue weighted by Crippen LogP contribution is 2.49. The van der Waals surface area contributed by atoms with Gasteiger partial charge in [-0.15, -0.1) is 0 Å². The fraction of sp³-hybridized carbons (Fsp3) is 0.769. The fourth-order valence-corrected chi connectivity index (χ4v) is 1.98. The van der Waals surface area contributed by atoms with Crippen LogP contribution in [0.25, 0.3) is 0 Å². The number of hydrogen-bond donors (Lipinski definition) is 0. The Kier molecular flexibility index (Phi) is 5.06. The van der Waals surface area contributed by atoms with Gasteiger partial charge in [0, 0.05) is 23.6 Å². The van der Waals surface area contributed by atoms with Crippen LogP contribution in [0, 0.1) is 5.41 Å². The predicted molar refractivity (Wildman–Crippen MR) is 65.5 cm³/mol. The molecule has 1 amide bonds.